The summed E-state index contributed by atoms with van der Waals surface area (Å²) in [4.78, 5) is 34.1. The molecule has 3 aliphatic heterocycles. The third kappa shape index (κ3) is 2.14. The van der Waals surface area contributed by atoms with Crippen LogP contribution in [-0.4, -0.2) is 40.3 Å². The van der Waals surface area contributed by atoms with Gasteiger partial charge in [-0.05, 0) is 44.2 Å². The molecule has 0 N–H and O–H groups in total. The summed E-state index contributed by atoms with van der Waals surface area (Å²) in [7, 11) is 0. The topological polar surface area (TPSA) is 66.7 Å². The van der Waals surface area contributed by atoms with Crippen molar-refractivity contribution in [2.24, 2.45) is 5.92 Å². The second-order valence-corrected chi connectivity index (χ2v) is 7.48. The van der Waals surface area contributed by atoms with Crippen LogP contribution in [0.25, 0.3) is 0 Å². The van der Waals surface area contributed by atoms with Gasteiger partial charge in [0.2, 0.25) is 5.91 Å². The van der Waals surface area contributed by atoms with E-state index in [1.54, 1.807) is 6.92 Å². The first kappa shape index (κ1) is 15.6. The quantitative estimate of drug-likeness (QED) is 0.834. The molecule has 0 unspecified atom stereocenters. The molecule has 2 aromatic rings. The van der Waals surface area contributed by atoms with Gasteiger partial charge in [0.1, 0.15) is 5.76 Å². The molecule has 1 aromatic heterocycles. The zero-order valence-corrected chi connectivity index (χ0v) is 14.7. The summed E-state index contributed by atoms with van der Waals surface area (Å²) in [5, 5.41) is 0. The van der Waals surface area contributed by atoms with Gasteiger partial charge in [0.05, 0.1) is 5.92 Å². The predicted octanol–water partition coefficient (Wildman–Crippen LogP) is 2.57. The minimum Gasteiger partial charge on any atom is -0.448 e. The van der Waals surface area contributed by atoms with E-state index < -0.39 is 0 Å². The molecule has 3 atom stereocenters. The molecule has 1 aromatic carbocycles. The van der Waals surface area contributed by atoms with Crippen molar-refractivity contribution in [1.82, 2.24) is 9.88 Å². The van der Waals surface area contributed by atoms with Crippen LogP contribution in [0.1, 0.15) is 41.1 Å². The van der Waals surface area contributed by atoms with Crippen molar-refractivity contribution in [3.8, 4) is 0 Å². The summed E-state index contributed by atoms with van der Waals surface area (Å²) in [5.74, 6) is 0.492. The van der Waals surface area contributed by atoms with Crippen LogP contribution < -0.4 is 4.90 Å². The minimum atomic E-state index is -0.115. The standard InChI is InChI=1S/C20H21N3O3/c1-12-18(21-11-26-12)20(25)23-14-6-7-17(23)15(10-14)19(24)22-9-8-13-4-2-3-5-16(13)22/h2-5,11,14-15,17H,6-10H2,1H3/t14-,15-,17-/m0/s1. The molecule has 0 spiro atoms. The SMILES string of the molecule is Cc1ocnc1C(=O)N1[C@H]2CC[C@H]1[C@@H](C(=O)N1CCc3ccccc31)C2. The first-order valence-electron chi connectivity index (χ1n) is 9.27. The number of para-hydroxylation sites is 1. The lowest BCUT2D eigenvalue weighted by Gasteiger charge is -2.27. The molecule has 0 saturated carbocycles. The number of amides is 2. The maximum atomic E-state index is 13.3. The molecule has 2 fully saturated rings. The summed E-state index contributed by atoms with van der Waals surface area (Å²) in [6, 6.07) is 8.22. The van der Waals surface area contributed by atoms with E-state index in [0.717, 1.165) is 37.9 Å². The number of oxazole rings is 1. The van der Waals surface area contributed by atoms with E-state index in [2.05, 4.69) is 11.1 Å². The first-order chi connectivity index (χ1) is 12.6. The Bertz CT molecular complexity index is 890. The Kier molecular flexibility index (Phi) is 3.42. The number of aromatic nitrogens is 1. The molecule has 3 aliphatic rings. The number of rotatable bonds is 2. The number of carbonyl (C=O) groups is 2. The highest BCUT2D eigenvalue weighted by Gasteiger charge is 2.53. The van der Waals surface area contributed by atoms with Crippen molar-refractivity contribution >= 4 is 17.5 Å². The van der Waals surface area contributed by atoms with Gasteiger partial charge in [0.25, 0.3) is 5.91 Å². The zero-order chi connectivity index (χ0) is 17.8. The Morgan fingerprint density at radius 1 is 1.23 bits per heavy atom. The van der Waals surface area contributed by atoms with Crippen molar-refractivity contribution in [3.63, 3.8) is 0 Å². The van der Waals surface area contributed by atoms with E-state index in [0.29, 0.717) is 11.5 Å². The molecule has 5 rings (SSSR count). The van der Waals surface area contributed by atoms with Crippen LogP contribution in [-0.2, 0) is 11.2 Å². The lowest BCUT2D eigenvalue weighted by Crippen LogP contribution is -2.42. The minimum absolute atomic E-state index is 0.0242. The van der Waals surface area contributed by atoms with Gasteiger partial charge in [-0.2, -0.15) is 0 Å². The number of hydrogen-bond acceptors (Lipinski definition) is 4. The zero-order valence-electron chi connectivity index (χ0n) is 14.7. The van der Waals surface area contributed by atoms with Crippen molar-refractivity contribution in [3.05, 3.63) is 47.7 Å². The fourth-order valence-corrected chi connectivity index (χ4v) is 4.97. The fourth-order valence-electron chi connectivity index (χ4n) is 4.97. The number of benzene rings is 1. The second kappa shape index (κ2) is 5.69. The van der Waals surface area contributed by atoms with Crippen LogP contribution in [0.5, 0.6) is 0 Å². The molecule has 134 valence electrons. The number of anilines is 1. The summed E-state index contributed by atoms with van der Waals surface area (Å²) in [5.41, 5.74) is 2.64. The van der Waals surface area contributed by atoms with Crippen molar-refractivity contribution in [1.29, 1.82) is 0 Å². The lowest BCUT2D eigenvalue weighted by molar-refractivity contribution is -0.123. The summed E-state index contributed by atoms with van der Waals surface area (Å²) >= 11 is 0. The number of hydrogen-bond donors (Lipinski definition) is 0. The number of aryl methyl sites for hydroxylation is 1. The normalized spacial score (nSPS) is 26.4. The van der Waals surface area contributed by atoms with E-state index >= 15 is 0 Å². The maximum absolute atomic E-state index is 13.3. The van der Waals surface area contributed by atoms with Crippen LogP contribution in [0.4, 0.5) is 5.69 Å². The average Bonchev–Trinajstić information content (AvgIpc) is 3.42. The molecule has 2 amide bonds. The predicted molar refractivity (Wildman–Crippen MR) is 94.8 cm³/mol. The number of nitrogens with zero attached hydrogens (tertiary/aromatic N) is 3. The highest BCUT2D eigenvalue weighted by Crippen LogP contribution is 2.44. The van der Waals surface area contributed by atoms with Crippen molar-refractivity contribution in [2.75, 3.05) is 11.4 Å². The Labute approximate surface area is 151 Å². The monoisotopic (exact) mass is 351 g/mol. The molecule has 6 nitrogen and oxygen atoms in total. The summed E-state index contributed by atoms with van der Waals surface area (Å²) < 4.78 is 5.20. The van der Waals surface area contributed by atoms with Crippen LogP contribution in [0.2, 0.25) is 0 Å². The molecule has 0 radical (unpaired) electrons. The van der Waals surface area contributed by atoms with Crippen LogP contribution in [0, 0.1) is 12.8 Å². The van der Waals surface area contributed by atoms with Crippen molar-refractivity contribution in [2.45, 2.75) is 44.7 Å². The maximum Gasteiger partial charge on any atom is 0.276 e. The molecule has 26 heavy (non-hydrogen) atoms. The van der Waals surface area contributed by atoms with Crippen molar-refractivity contribution < 1.29 is 14.0 Å². The van der Waals surface area contributed by atoms with Crippen LogP contribution in [0.15, 0.2) is 35.1 Å². The van der Waals surface area contributed by atoms with Gasteiger partial charge in [0.15, 0.2) is 12.1 Å². The highest BCUT2D eigenvalue weighted by atomic mass is 16.3. The molecule has 6 heteroatoms. The molecule has 2 saturated heterocycles. The first-order valence-corrected chi connectivity index (χ1v) is 9.27. The molecule has 0 aliphatic carbocycles. The van der Waals surface area contributed by atoms with E-state index in [1.807, 2.05) is 28.0 Å². The van der Waals surface area contributed by atoms with Gasteiger partial charge in [-0.25, -0.2) is 4.98 Å². The summed E-state index contributed by atoms with van der Waals surface area (Å²) in [6.45, 7) is 2.49. The van der Waals surface area contributed by atoms with E-state index in [-0.39, 0.29) is 29.8 Å². The Morgan fingerprint density at radius 3 is 2.88 bits per heavy atom. The summed E-state index contributed by atoms with van der Waals surface area (Å²) in [6.07, 6.45) is 4.82. The lowest BCUT2D eigenvalue weighted by atomic mass is 9.88. The van der Waals surface area contributed by atoms with Gasteiger partial charge in [-0.15, -0.1) is 0 Å². The van der Waals surface area contributed by atoms with Gasteiger partial charge in [-0.1, -0.05) is 18.2 Å². The number of carbonyl (C=O) groups excluding carboxylic acids is 2. The fraction of sp³-hybridized carbons (Fsp3) is 0.450. The molecule has 2 bridgehead atoms. The Hall–Kier alpha value is -2.63. The highest BCUT2D eigenvalue weighted by molar-refractivity contribution is 5.99. The van der Waals surface area contributed by atoms with E-state index in [1.165, 1.54) is 12.0 Å². The van der Waals surface area contributed by atoms with Gasteiger partial charge in [0, 0.05) is 24.3 Å². The smallest absolute Gasteiger partial charge is 0.276 e. The van der Waals surface area contributed by atoms with Gasteiger partial charge >= 0.3 is 0 Å². The molecular formula is C20H21N3O3. The van der Waals surface area contributed by atoms with Gasteiger partial charge < -0.3 is 14.2 Å². The third-order valence-corrected chi connectivity index (χ3v) is 6.19. The molecular weight excluding hydrogens is 330 g/mol. The van der Waals surface area contributed by atoms with E-state index in [9.17, 15) is 9.59 Å². The number of fused-ring (bicyclic) bond motifs is 3. The Morgan fingerprint density at radius 2 is 2.08 bits per heavy atom. The average molecular weight is 351 g/mol. The Balaban J connectivity index is 1.40. The largest absolute Gasteiger partial charge is 0.448 e. The second-order valence-electron chi connectivity index (χ2n) is 7.48. The molecule has 4 heterocycles. The van der Waals surface area contributed by atoms with Crippen LogP contribution >= 0.6 is 0 Å². The van der Waals surface area contributed by atoms with E-state index in [4.69, 9.17) is 4.42 Å². The third-order valence-electron chi connectivity index (χ3n) is 6.19. The van der Waals surface area contributed by atoms with Gasteiger partial charge in [-0.3, -0.25) is 9.59 Å². The van der Waals surface area contributed by atoms with Crippen LogP contribution in [0.3, 0.4) is 0 Å².